The lowest BCUT2D eigenvalue weighted by Gasteiger charge is -2.14. The molecule has 0 radical (unpaired) electrons. The van der Waals surface area contributed by atoms with Crippen LogP contribution in [0.3, 0.4) is 0 Å². The van der Waals surface area contributed by atoms with Gasteiger partial charge in [0.2, 0.25) is 0 Å². The number of carboxylic acids is 1. The molecule has 0 bridgehead atoms. The molecule has 0 aliphatic heterocycles. The van der Waals surface area contributed by atoms with Crippen LogP contribution in [0, 0.1) is 5.82 Å². The van der Waals surface area contributed by atoms with Crippen molar-refractivity contribution in [3.8, 4) is 0 Å². The van der Waals surface area contributed by atoms with Gasteiger partial charge in [0.25, 0.3) is 5.91 Å². The fourth-order valence-corrected chi connectivity index (χ4v) is 1.91. The first-order valence-electron chi connectivity index (χ1n) is 5.94. The smallest absolute Gasteiger partial charge is 0.326 e. The minimum absolute atomic E-state index is 0.161. The van der Waals surface area contributed by atoms with Crippen molar-refractivity contribution in [1.29, 1.82) is 0 Å². The summed E-state index contributed by atoms with van der Waals surface area (Å²) >= 11 is 3.09. The van der Waals surface area contributed by atoms with E-state index in [1.165, 1.54) is 12.1 Å². The maximum atomic E-state index is 13.6. The van der Waals surface area contributed by atoms with Crippen LogP contribution in [0.25, 0.3) is 0 Å². The van der Waals surface area contributed by atoms with E-state index in [-0.39, 0.29) is 5.56 Å². The van der Waals surface area contributed by atoms with Crippen molar-refractivity contribution < 1.29 is 19.1 Å². The third kappa shape index (κ3) is 4.63. The van der Waals surface area contributed by atoms with E-state index in [4.69, 9.17) is 5.11 Å². The van der Waals surface area contributed by atoms with Gasteiger partial charge in [0, 0.05) is 4.47 Å². The lowest BCUT2D eigenvalue weighted by molar-refractivity contribution is -0.139. The predicted molar refractivity (Wildman–Crippen MR) is 72.5 cm³/mol. The molecule has 6 heteroatoms. The van der Waals surface area contributed by atoms with E-state index in [9.17, 15) is 14.0 Å². The second-order valence-corrected chi connectivity index (χ2v) is 5.05. The van der Waals surface area contributed by atoms with E-state index >= 15 is 0 Å². The van der Waals surface area contributed by atoms with Crippen LogP contribution in [0.2, 0.25) is 0 Å². The van der Waals surface area contributed by atoms with Crippen LogP contribution in [-0.2, 0) is 4.79 Å². The molecule has 0 aliphatic rings. The number of carboxylic acid groups (broad SMARTS) is 1. The Balaban J connectivity index is 2.78. The highest BCUT2D eigenvalue weighted by atomic mass is 79.9. The van der Waals surface area contributed by atoms with Crippen molar-refractivity contribution in [2.45, 2.75) is 32.2 Å². The van der Waals surface area contributed by atoms with Gasteiger partial charge in [-0.05, 0) is 24.6 Å². The van der Waals surface area contributed by atoms with Gasteiger partial charge < -0.3 is 10.4 Å². The van der Waals surface area contributed by atoms with E-state index in [0.717, 1.165) is 12.5 Å². The second-order valence-electron chi connectivity index (χ2n) is 4.13. The zero-order valence-corrected chi connectivity index (χ0v) is 12.0. The SMILES string of the molecule is CCCC[C@H](NC(=O)c1ccc(Br)cc1F)C(=O)O. The van der Waals surface area contributed by atoms with E-state index in [0.29, 0.717) is 17.3 Å². The first-order valence-corrected chi connectivity index (χ1v) is 6.73. The van der Waals surface area contributed by atoms with Gasteiger partial charge in [0.1, 0.15) is 11.9 Å². The van der Waals surface area contributed by atoms with Crippen LogP contribution in [0.5, 0.6) is 0 Å². The van der Waals surface area contributed by atoms with Crippen molar-refractivity contribution in [3.63, 3.8) is 0 Å². The highest BCUT2D eigenvalue weighted by molar-refractivity contribution is 9.10. The number of rotatable bonds is 6. The standard InChI is InChI=1S/C13H15BrFNO3/c1-2-3-4-11(13(18)19)16-12(17)9-6-5-8(14)7-10(9)15/h5-7,11H,2-4H2,1H3,(H,16,17)(H,18,19)/t11-/m0/s1. The summed E-state index contributed by atoms with van der Waals surface area (Å²) in [5.74, 6) is -2.51. The normalized spacial score (nSPS) is 11.9. The summed E-state index contributed by atoms with van der Waals surface area (Å²) < 4.78 is 14.1. The number of benzene rings is 1. The third-order valence-electron chi connectivity index (χ3n) is 2.63. The molecular weight excluding hydrogens is 317 g/mol. The van der Waals surface area contributed by atoms with E-state index in [1.54, 1.807) is 0 Å². The molecule has 1 aromatic rings. The number of carbonyl (C=O) groups is 2. The minimum Gasteiger partial charge on any atom is -0.480 e. The van der Waals surface area contributed by atoms with Crippen LogP contribution in [0.4, 0.5) is 4.39 Å². The summed E-state index contributed by atoms with van der Waals surface area (Å²) in [4.78, 5) is 22.8. The molecule has 4 nitrogen and oxygen atoms in total. The van der Waals surface area contributed by atoms with Crippen molar-refractivity contribution in [2.75, 3.05) is 0 Å². The predicted octanol–water partition coefficient (Wildman–Crippen LogP) is 2.96. The highest BCUT2D eigenvalue weighted by Gasteiger charge is 2.21. The molecule has 0 heterocycles. The molecule has 1 rings (SSSR count). The molecule has 0 fully saturated rings. The lowest BCUT2D eigenvalue weighted by Crippen LogP contribution is -2.41. The minimum atomic E-state index is -1.11. The summed E-state index contributed by atoms with van der Waals surface area (Å²) in [6.07, 6.45) is 1.84. The Labute approximate surface area is 119 Å². The molecule has 1 amide bonds. The van der Waals surface area contributed by atoms with Gasteiger partial charge in [-0.2, -0.15) is 0 Å². The van der Waals surface area contributed by atoms with E-state index in [1.807, 2.05) is 6.92 Å². The van der Waals surface area contributed by atoms with Crippen LogP contribution >= 0.6 is 15.9 Å². The number of hydrogen-bond donors (Lipinski definition) is 2. The number of aliphatic carboxylic acids is 1. The number of unbranched alkanes of at least 4 members (excludes halogenated alkanes) is 1. The molecule has 19 heavy (non-hydrogen) atoms. The van der Waals surface area contributed by atoms with Gasteiger partial charge in [-0.3, -0.25) is 4.79 Å². The molecule has 0 unspecified atom stereocenters. The highest BCUT2D eigenvalue weighted by Crippen LogP contribution is 2.15. The topological polar surface area (TPSA) is 66.4 Å². The fraction of sp³-hybridized carbons (Fsp3) is 0.385. The van der Waals surface area contributed by atoms with Crippen LogP contribution in [0.15, 0.2) is 22.7 Å². The maximum Gasteiger partial charge on any atom is 0.326 e. The Morgan fingerprint density at radius 1 is 1.47 bits per heavy atom. The Bertz CT molecular complexity index is 479. The molecule has 1 atom stereocenters. The number of halogens is 2. The molecule has 0 aromatic heterocycles. The first-order chi connectivity index (χ1) is 8.95. The van der Waals surface area contributed by atoms with Gasteiger partial charge in [-0.1, -0.05) is 35.7 Å². The third-order valence-corrected chi connectivity index (χ3v) is 3.12. The van der Waals surface area contributed by atoms with Crippen molar-refractivity contribution in [1.82, 2.24) is 5.32 Å². The van der Waals surface area contributed by atoms with E-state index < -0.39 is 23.7 Å². The molecule has 0 saturated carbocycles. The monoisotopic (exact) mass is 331 g/mol. The summed E-state index contributed by atoms with van der Waals surface area (Å²) in [6.45, 7) is 1.93. The molecule has 104 valence electrons. The lowest BCUT2D eigenvalue weighted by atomic mass is 10.1. The van der Waals surface area contributed by atoms with Gasteiger partial charge in [-0.15, -0.1) is 0 Å². The average molecular weight is 332 g/mol. The van der Waals surface area contributed by atoms with Crippen molar-refractivity contribution >= 4 is 27.8 Å². The van der Waals surface area contributed by atoms with Gasteiger partial charge in [0.05, 0.1) is 5.56 Å². The number of hydrogen-bond acceptors (Lipinski definition) is 2. The Morgan fingerprint density at radius 3 is 2.68 bits per heavy atom. The molecule has 0 saturated heterocycles. The van der Waals surface area contributed by atoms with Gasteiger partial charge >= 0.3 is 5.97 Å². The molecule has 0 spiro atoms. The molecule has 2 N–H and O–H groups in total. The second kappa shape index (κ2) is 7.23. The number of carbonyl (C=O) groups excluding carboxylic acids is 1. The van der Waals surface area contributed by atoms with Crippen molar-refractivity contribution in [3.05, 3.63) is 34.1 Å². The van der Waals surface area contributed by atoms with Crippen LogP contribution in [0.1, 0.15) is 36.5 Å². The Kier molecular flexibility index (Phi) is 5.95. The Hall–Kier alpha value is -1.43. The summed E-state index contributed by atoms with van der Waals surface area (Å²) in [7, 11) is 0. The molecular formula is C13H15BrFNO3. The van der Waals surface area contributed by atoms with Crippen LogP contribution in [-0.4, -0.2) is 23.0 Å². The largest absolute Gasteiger partial charge is 0.480 e. The number of amides is 1. The number of nitrogens with one attached hydrogen (secondary N) is 1. The molecule has 0 aliphatic carbocycles. The summed E-state index contributed by atoms with van der Waals surface area (Å²) in [5.41, 5.74) is -0.161. The quantitative estimate of drug-likeness (QED) is 0.842. The zero-order chi connectivity index (χ0) is 14.4. The van der Waals surface area contributed by atoms with E-state index in [2.05, 4.69) is 21.2 Å². The first kappa shape index (κ1) is 15.6. The average Bonchev–Trinajstić information content (AvgIpc) is 2.33. The Morgan fingerprint density at radius 2 is 2.16 bits per heavy atom. The van der Waals surface area contributed by atoms with Crippen molar-refractivity contribution in [2.24, 2.45) is 0 Å². The van der Waals surface area contributed by atoms with Gasteiger partial charge in [0.15, 0.2) is 0 Å². The summed E-state index contributed by atoms with van der Waals surface area (Å²) in [5, 5.41) is 11.3. The molecule has 1 aromatic carbocycles. The van der Waals surface area contributed by atoms with Crippen LogP contribution < -0.4 is 5.32 Å². The maximum absolute atomic E-state index is 13.6. The fourth-order valence-electron chi connectivity index (χ4n) is 1.58. The van der Waals surface area contributed by atoms with Gasteiger partial charge in [-0.25, -0.2) is 9.18 Å². The summed E-state index contributed by atoms with van der Waals surface area (Å²) in [6, 6.07) is 3.01. The zero-order valence-electron chi connectivity index (χ0n) is 10.5.